The van der Waals surface area contributed by atoms with Crippen LogP contribution >= 0.6 is 11.6 Å². The number of nitro benzene ring substituents is 1. The molecule has 0 aliphatic heterocycles. The molecule has 0 aromatic heterocycles. The van der Waals surface area contributed by atoms with E-state index >= 15 is 0 Å². The zero-order chi connectivity index (χ0) is 18.4. The number of halogens is 1. The van der Waals surface area contributed by atoms with Gasteiger partial charge in [-0.15, -0.1) is 0 Å². The SMILES string of the molecule is CC(=O)N/C(=C\c1ccccc1)C(=O)Oc1ccc([N+](=O)[O-])c(Cl)c1. The number of hydrogen-bond acceptors (Lipinski definition) is 5. The van der Waals surface area contributed by atoms with Gasteiger partial charge in [0.25, 0.3) is 5.69 Å². The molecule has 0 atom stereocenters. The maximum Gasteiger partial charge on any atom is 0.360 e. The number of rotatable bonds is 5. The highest BCUT2D eigenvalue weighted by Crippen LogP contribution is 2.28. The molecule has 0 saturated carbocycles. The van der Waals surface area contributed by atoms with E-state index in [-0.39, 0.29) is 22.2 Å². The second-order valence-corrected chi connectivity index (χ2v) is 5.32. The minimum absolute atomic E-state index is 0.0184. The Labute approximate surface area is 148 Å². The average Bonchev–Trinajstić information content (AvgIpc) is 2.54. The average molecular weight is 361 g/mol. The molecule has 2 rings (SSSR count). The van der Waals surface area contributed by atoms with Gasteiger partial charge in [0.2, 0.25) is 5.91 Å². The first-order valence-corrected chi connectivity index (χ1v) is 7.45. The Bertz CT molecular complexity index is 849. The quantitative estimate of drug-likeness (QED) is 0.290. The molecule has 0 spiro atoms. The summed E-state index contributed by atoms with van der Waals surface area (Å²) in [7, 11) is 0. The van der Waals surface area contributed by atoms with E-state index in [1.807, 2.05) is 6.07 Å². The second kappa shape index (κ2) is 8.07. The number of hydrogen-bond donors (Lipinski definition) is 1. The predicted octanol–water partition coefficient (Wildman–Crippen LogP) is 3.33. The van der Waals surface area contributed by atoms with Crippen LogP contribution < -0.4 is 10.1 Å². The number of carbonyl (C=O) groups excluding carboxylic acids is 2. The fourth-order valence-corrected chi connectivity index (χ4v) is 2.15. The Kier molecular flexibility index (Phi) is 5.86. The van der Waals surface area contributed by atoms with E-state index in [1.54, 1.807) is 24.3 Å². The van der Waals surface area contributed by atoms with Crippen LogP contribution in [0.2, 0.25) is 5.02 Å². The maximum absolute atomic E-state index is 12.3. The number of nitrogens with zero attached hydrogens (tertiary/aromatic N) is 1. The van der Waals surface area contributed by atoms with Crippen molar-refractivity contribution >= 4 is 35.2 Å². The van der Waals surface area contributed by atoms with Crippen LogP contribution in [0.4, 0.5) is 5.69 Å². The van der Waals surface area contributed by atoms with Gasteiger partial charge in [-0.3, -0.25) is 14.9 Å². The minimum Gasteiger partial charge on any atom is -0.422 e. The molecule has 8 heteroatoms. The van der Waals surface area contributed by atoms with Crippen molar-refractivity contribution in [3.63, 3.8) is 0 Å². The second-order valence-electron chi connectivity index (χ2n) is 4.91. The molecule has 2 aromatic carbocycles. The van der Waals surface area contributed by atoms with E-state index in [0.717, 1.165) is 12.1 Å². The van der Waals surface area contributed by atoms with Gasteiger partial charge in [-0.1, -0.05) is 41.9 Å². The van der Waals surface area contributed by atoms with Crippen LogP contribution in [0.3, 0.4) is 0 Å². The lowest BCUT2D eigenvalue weighted by Gasteiger charge is -2.09. The number of nitro groups is 1. The first kappa shape index (κ1) is 18.2. The number of esters is 1. The zero-order valence-corrected chi connectivity index (χ0v) is 13.8. The summed E-state index contributed by atoms with van der Waals surface area (Å²) in [6, 6.07) is 12.4. The lowest BCUT2D eigenvalue weighted by atomic mass is 10.2. The van der Waals surface area contributed by atoms with E-state index in [2.05, 4.69) is 5.32 Å². The van der Waals surface area contributed by atoms with Crippen LogP contribution in [0.1, 0.15) is 12.5 Å². The fraction of sp³-hybridized carbons (Fsp3) is 0.0588. The first-order valence-electron chi connectivity index (χ1n) is 7.07. The summed E-state index contributed by atoms with van der Waals surface area (Å²) < 4.78 is 5.14. The molecule has 1 amide bonds. The van der Waals surface area contributed by atoms with E-state index in [4.69, 9.17) is 16.3 Å². The predicted molar refractivity (Wildman–Crippen MR) is 92.0 cm³/mol. The van der Waals surface area contributed by atoms with Crippen molar-refractivity contribution in [3.05, 3.63) is 74.9 Å². The van der Waals surface area contributed by atoms with Gasteiger partial charge in [0.15, 0.2) is 0 Å². The van der Waals surface area contributed by atoms with Gasteiger partial charge >= 0.3 is 5.97 Å². The third-order valence-corrected chi connectivity index (χ3v) is 3.27. The van der Waals surface area contributed by atoms with Gasteiger partial charge < -0.3 is 10.1 Å². The number of carbonyl (C=O) groups is 2. The van der Waals surface area contributed by atoms with Gasteiger partial charge in [0.05, 0.1) is 4.92 Å². The molecular weight excluding hydrogens is 348 g/mol. The Morgan fingerprint density at radius 3 is 2.44 bits per heavy atom. The smallest absolute Gasteiger partial charge is 0.360 e. The van der Waals surface area contributed by atoms with Gasteiger partial charge in [0, 0.05) is 19.1 Å². The molecule has 0 bridgehead atoms. The van der Waals surface area contributed by atoms with Crippen LogP contribution in [0, 0.1) is 10.1 Å². The summed E-state index contributed by atoms with van der Waals surface area (Å²) in [5.74, 6) is -1.25. The van der Waals surface area contributed by atoms with Crippen molar-refractivity contribution in [3.8, 4) is 5.75 Å². The molecule has 25 heavy (non-hydrogen) atoms. The van der Waals surface area contributed by atoms with E-state index < -0.39 is 16.8 Å². The standard InChI is InChI=1S/C17H13ClN2O5/c1-11(21)19-15(9-12-5-3-2-4-6-12)17(22)25-13-7-8-16(20(23)24)14(18)10-13/h2-10H,1H3,(H,19,21)/b15-9-. The number of benzene rings is 2. The normalized spacial score (nSPS) is 10.9. The van der Waals surface area contributed by atoms with E-state index in [0.29, 0.717) is 5.56 Å². The van der Waals surface area contributed by atoms with Gasteiger partial charge in [-0.25, -0.2) is 4.79 Å². The van der Waals surface area contributed by atoms with Crippen molar-refractivity contribution in [1.82, 2.24) is 5.32 Å². The van der Waals surface area contributed by atoms with Crippen LogP contribution in [-0.2, 0) is 9.59 Å². The molecule has 1 N–H and O–H groups in total. The van der Waals surface area contributed by atoms with Crippen LogP contribution in [0.25, 0.3) is 6.08 Å². The lowest BCUT2D eigenvalue weighted by Crippen LogP contribution is -2.27. The summed E-state index contributed by atoms with van der Waals surface area (Å²) in [5.41, 5.74) is 0.307. The first-order chi connectivity index (χ1) is 11.9. The summed E-state index contributed by atoms with van der Waals surface area (Å²) in [6.07, 6.45) is 1.46. The molecule has 0 saturated heterocycles. The highest BCUT2D eigenvalue weighted by molar-refractivity contribution is 6.32. The Hall–Kier alpha value is -3.19. The molecule has 0 radical (unpaired) electrons. The van der Waals surface area contributed by atoms with Crippen molar-refractivity contribution in [1.29, 1.82) is 0 Å². The van der Waals surface area contributed by atoms with Crippen molar-refractivity contribution < 1.29 is 19.2 Å². The van der Waals surface area contributed by atoms with E-state index in [9.17, 15) is 19.7 Å². The van der Waals surface area contributed by atoms with Crippen molar-refractivity contribution in [2.45, 2.75) is 6.92 Å². The van der Waals surface area contributed by atoms with Crippen LogP contribution in [-0.4, -0.2) is 16.8 Å². The van der Waals surface area contributed by atoms with Crippen LogP contribution in [0.5, 0.6) is 5.75 Å². The summed E-state index contributed by atoms with van der Waals surface area (Å²) in [6.45, 7) is 1.26. The highest BCUT2D eigenvalue weighted by atomic mass is 35.5. The molecule has 2 aromatic rings. The molecular formula is C17H13ClN2O5. The molecule has 7 nitrogen and oxygen atoms in total. The topological polar surface area (TPSA) is 98.5 Å². The molecule has 0 aliphatic rings. The maximum atomic E-state index is 12.3. The number of ether oxygens (including phenoxy) is 1. The highest BCUT2D eigenvalue weighted by Gasteiger charge is 2.17. The molecule has 0 aliphatic carbocycles. The molecule has 0 unspecified atom stereocenters. The Balaban J connectivity index is 2.25. The lowest BCUT2D eigenvalue weighted by molar-refractivity contribution is -0.384. The molecule has 0 fully saturated rings. The van der Waals surface area contributed by atoms with Gasteiger partial charge in [-0.2, -0.15) is 0 Å². The minimum atomic E-state index is -0.830. The van der Waals surface area contributed by atoms with Crippen LogP contribution in [0.15, 0.2) is 54.2 Å². The Morgan fingerprint density at radius 1 is 1.20 bits per heavy atom. The monoisotopic (exact) mass is 360 g/mol. The van der Waals surface area contributed by atoms with Gasteiger partial charge in [-0.05, 0) is 17.7 Å². The third-order valence-electron chi connectivity index (χ3n) is 2.97. The summed E-state index contributed by atoms with van der Waals surface area (Å²) >= 11 is 5.78. The molecule has 0 heterocycles. The van der Waals surface area contributed by atoms with E-state index in [1.165, 1.54) is 19.1 Å². The number of amides is 1. The third kappa shape index (κ3) is 5.15. The Morgan fingerprint density at radius 2 is 1.88 bits per heavy atom. The largest absolute Gasteiger partial charge is 0.422 e. The fourth-order valence-electron chi connectivity index (χ4n) is 1.91. The summed E-state index contributed by atoms with van der Waals surface area (Å²) in [4.78, 5) is 33.7. The van der Waals surface area contributed by atoms with Gasteiger partial charge in [0.1, 0.15) is 16.5 Å². The number of nitrogens with one attached hydrogen (secondary N) is 1. The molecule has 128 valence electrons. The zero-order valence-electron chi connectivity index (χ0n) is 13.1. The van der Waals surface area contributed by atoms with Crippen molar-refractivity contribution in [2.75, 3.05) is 0 Å². The van der Waals surface area contributed by atoms with Crippen molar-refractivity contribution in [2.24, 2.45) is 0 Å². The summed E-state index contributed by atoms with van der Waals surface area (Å²) in [5, 5.41) is 13.0.